The van der Waals surface area contributed by atoms with Gasteiger partial charge in [-0.05, 0) is 23.6 Å². The smallest absolute Gasteiger partial charge is 0.231 e. The van der Waals surface area contributed by atoms with E-state index >= 15 is 0 Å². The normalized spacial score (nSPS) is 13.4. The summed E-state index contributed by atoms with van der Waals surface area (Å²) < 4.78 is 16.2. The van der Waals surface area contributed by atoms with Crippen molar-refractivity contribution in [3.63, 3.8) is 0 Å². The molecule has 0 atom stereocenters. The maximum atomic E-state index is 5.49. The molecule has 0 amide bonds. The molecule has 0 aliphatic carbocycles. The molecule has 3 rings (SSSR count). The van der Waals surface area contributed by atoms with Crippen LogP contribution in [-0.4, -0.2) is 31.5 Å². The van der Waals surface area contributed by atoms with Gasteiger partial charge >= 0.3 is 0 Å². The maximum absolute atomic E-state index is 5.49. The first-order valence-corrected chi connectivity index (χ1v) is 9.19. The summed E-state index contributed by atoms with van der Waals surface area (Å²) in [6, 6.07) is 8.06. The summed E-state index contributed by atoms with van der Waals surface area (Å²) in [4.78, 5) is 4.29. The topological polar surface area (TPSA) is 80.9 Å². The lowest BCUT2D eigenvalue weighted by molar-refractivity contribution is 0.174. The Hall–Kier alpha value is -1.97. The van der Waals surface area contributed by atoms with Gasteiger partial charge in [0.15, 0.2) is 23.2 Å². The summed E-state index contributed by atoms with van der Waals surface area (Å²) in [6.07, 6.45) is 0. The third-order valence-electron chi connectivity index (χ3n) is 4.67. The van der Waals surface area contributed by atoms with Gasteiger partial charge in [-0.2, -0.15) is 0 Å². The van der Waals surface area contributed by atoms with Crippen molar-refractivity contribution < 1.29 is 14.0 Å². The van der Waals surface area contributed by atoms with E-state index in [0.717, 1.165) is 23.0 Å². The molecule has 1 aromatic heterocycles. The Kier molecular flexibility index (Phi) is 7.56. The zero-order chi connectivity index (χ0) is 19.4. The molecule has 154 valence electrons. The van der Waals surface area contributed by atoms with E-state index in [1.54, 1.807) is 7.05 Å². The molecule has 0 fully saturated rings. The highest BCUT2D eigenvalue weighted by atomic mass is 127. The first-order valence-electron chi connectivity index (χ1n) is 9.19. The van der Waals surface area contributed by atoms with Gasteiger partial charge in [0.2, 0.25) is 6.79 Å². The largest absolute Gasteiger partial charge is 0.454 e. The zero-order valence-corrected chi connectivity index (χ0v) is 19.4. The van der Waals surface area contributed by atoms with Crippen molar-refractivity contribution in [2.45, 2.75) is 45.6 Å². The van der Waals surface area contributed by atoms with Crippen molar-refractivity contribution in [2.75, 3.05) is 20.4 Å². The van der Waals surface area contributed by atoms with Crippen molar-refractivity contribution in [3.05, 3.63) is 41.3 Å². The molecular weight excluding hydrogens is 471 g/mol. The van der Waals surface area contributed by atoms with Gasteiger partial charge < -0.3 is 24.6 Å². The Morgan fingerprint density at radius 1 is 1.18 bits per heavy atom. The van der Waals surface area contributed by atoms with Gasteiger partial charge in [-0.3, -0.25) is 4.99 Å². The molecular formula is C20H29IN4O3. The summed E-state index contributed by atoms with van der Waals surface area (Å²) in [7, 11) is 1.75. The van der Waals surface area contributed by atoms with Gasteiger partial charge in [0, 0.05) is 25.1 Å². The SMILES string of the molecule is CN=C(NCc1cc(C(C)C)no1)NCC(C)(C)c1ccc2c(c1)OCO2.I. The minimum absolute atomic E-state index is 0. The Labute approximate surface area is 183 Å². The van der Waals surface area contributed by atoms with Crippen molar-refractivity contribution in [3.8, 4) is 11.5 Å². The van der Waals surface area contributed by atoms with E-state index in [0.29, 0.717) is 25.0 Å². The van der Waals surface area contributed by atoms with Gasteiger partial charge in [-0.15, -0.1) is 24.0 Å². The van der Waals surface area contributed by atoms with Crippen LogP contribution >= 0.6 is 24.0 Å². The summed E-state index contributed by atoms with van der Waals surface area (Å²) in [5, 5.41) is 10.7. The minimum atomic E-state index is -0.115. The van der Waals surface area contributed by atoms with Crippen molar-refractivity contribution in [1.82, 2.24) is 15.8 Å². The first kappa shape index (κ1) is 22.3. The lowest BCUT2D eigenvalue weighted by Crippen LogP contribution is -2.43. The molecule has 0 saturated carbocycles. The molecule has 2 aromatic rings. The van der Waals surface area contributed by atoms with E-state index in [1.165, 1.54) is 5.56 Å². The van der Waals surface area contributed by atoms with Crippen molar-refractivity contribution in [1.29, 1.82) is 0 Å². The quantitative estimate of drug-likeness (QED) is 0.357. The standard InChI is InChI=1S/C20H28N4O3.HI/c1-13(2)16-9-15(27-24-16)10-22-19(21-5)23-11-20(3,4)14-6-7-17-18(8-14)26-12-25-17;/h6-9,13H,10-12H2,1-5H3,(H2,21,22,23);1H. The van der Waals surface area contributed by atoms with E-state index in [2.05, 4.69) is 54.5 Å². The number of ether oxygens (including phenoxy) is 2. The zero-order valence-electron chi connectivity index (χ0n) is 17.0. The number of fused-ring (bicyclic) bond motifs is 1. The van der Waals surface area contributed by atoms with Gasteiger partial charge in [0.1, 0.15) is 0 Å². The molecule has 2 N–H and O–H groups in total. The third-order valence-corrected chi connectivity index (χ3v) is 4.67. The molecule has 0 saturated heterocycles. The number of rotatable bonds is 6. The Morgan fingerprint density at radius 2 is 1.93 bits per heavy atom. The van der Waals surface area contributed by atoms with E-state index in [-0.39, 0.29) is 36.2 Å². The van der Waals surface area contributed by atoms with Crippen LogP contribution < -0.4 is 20.1 Å². The predicted molar refractivity (Wildman–Crippen MR) is 120 cm³/mol. The van der Waals surface area contributed by atoms with Gasteiger partial charge in [0.25, 0.3) is 0 Å². The average Bonchev–Trinajstić information content (AvgIpc) is 3.30. The number of nitrogens with one attached hydrogen (secondary N) is 2. The molecule has 0 unspecified atom stereocenters. The molecule has 1 aromatic carbocycles. The van der Waals surface area contributed by atoms with E-state index in [9.17, 15) is 0 Å². The molecule has 2 heterocycles. The average molecular weight is 500 g/mol. The fraction of sp³-hybridized carbons (Fsp3) is 0.500. The van der Waals surface area contributed by atoms with E-state index in [1.807, 2.05) is 18.2 Å². The lowest BCUT2D eigenvalue weighted by Gasteiger charge is -2.27. The highest BCUT2D eigenvalue weighted by Crippen LogP contribution is 2.36. The maximum Gasteiger partial charge on any atom is 0.231 e. The molecule has 8 heteroatoms. The molecule has 0 bridgehead atoms. The predicted octanol–water partition coefficient (Wildman–Crippen LogP) is 3.79. The number of guanidine groups is 1. The Balaban J connectivity index is 0.00000280. The summed E-state index contributed by atoms with van der Waals surface area (Å²) >= 11 is 0. The summed E-state index contributed by atoms with van der Waals surface area (Å²) in [5.74, 6) is 3.45. The summed E-state index contributed by atoms with van der Waals surface area (Å²) in [6.45, 7) is 10.1. The first-order chi connectivity index (χ1) is 12.9. The molecule has 0 radical (unpaired) electrons. The number of hydrogen-bond acceptors (Lipinski definition) is 5. The fourth-order valence-electron chi connectivity index (χ4n) is 2.80. The van der Waals surface area contributed by atoms with Crippen LogP contribution in [0.4, 0.5) is 0 Å². The highest BCUT2D eigenvalue weighted by molar-refractivity contribution is 14.0. The van der Waals surface area contributed by atoms with Crippen LogP contribution in [0, 0.1) is 0 Å². The van der Waals surface area contributed by atoms with Crippen LogP contribution in [0.2, 0.25) is 0 Å². The highest BCUT2D eigenvalue weighted by Gasteiger charge is 2.24. The fourth-order valence-corrected chi connectivity index (χ4v) is 2.80. The number of benzene rings is 1. The molecule has 0 spiro atoms. The molecule has 1 aliphatic rings. The van der Waals surface area contributed by atoms with Gasteiger partial charge in [-0.25, -0.2) is 0 Å². The van der Waals surface area contributed by atoms with Gasteiger partial charge in [0.05, 0.1) is 12.2 Å². The molecule has 7 nitrogen and oxygen atoms in total. The minimum Gasteiger partial charge on any atom is -0.454 e. The van der Waals surface area contributed by atoms with Crippen molar-refractivity contribution in [2.24, 2.45) is 4.99 Å². The van der Waals surface area contributed by atoms with E-state index < -0.39 is 0 Å². The van der Waals surface area contributed by atoms with Crippen LogP contribution in [-0.2, 0) is 12.0 Å². The number of aromatic nitrogens is 1. The lowest BCUT2D eigenvalue weighted by atomic mass is 9.84. The van der Waals surface area contributed by atoms with Crippen LogP contribution in [0.5, 0.6) is 11.5 Å². The number of hydrogen-bond donors (Lipinski definition) is 2. The summed E-state index contributed by atoms with van der Waals surface area (Å²) in [5.41, 5.74) is 2.01. The number of aliphatic imine (C=N–C) groups is 1. The van der Waals surface area contributed by atoms with Crippen LogP contribution in [0.3, 0.4) is 0 Å². The van der Waals surface area contributed by atoms with Crippen LogP contribution in [0.25, 0.3) is 0 Å². The second-order valence-corrected chi connectivity index (χ2v) is 7.60. The van der Waals surface area contributed by atoms with Gasteiger partial charge in [-0.1, -0.05) is 38.9 Å². The molecule has 28 heavy (non-hydrogen) atoms. The molecule has 1 aliphatic heterocycles. The van der Waals surface area contributed by atoms with Crippen molar-refractivity contribution >= 4 is 29.9 Å². The Bertz CT molecular complexity index is 818. The number of halogens is 1. The second-order valence-electron chi connectivity index (χ2n) is 7.60. The third kappa shape index (κ3) is 5.30. The van der Waals surface area contributed by atoms with Crippen LogP contribution in [0.15, 0.2) is 33.8 Å². The van der Waals surface area contributed by atoms with E-state index in [4.69, 9.17) is 14.0 Å². The Morgan fingerprint density at radius 3 is 2.61 bits per heavy atom. The van der Waals surface area contributed by atoms with Crippen LogP contribution in [0.1, 0.15) is 50.6 Å². The second kappa shape index (κ2) is 9.49. The monoisotopic (exact) mass is 500 g/mol. The number of nitrogens with zero attached hydrogens (tertiary/aromatic N) is 2.